The Hall–Kier alpha value is -0.570. The van der Waals surface area contributed by atoms with Crippen LogP contribution in [0.3, 0.4) is 0 Å². The largest absolute Gasteiger partial charge is 0.343 e. The van der Waals surface area contributed by atoms with Crippen LogP contribution >= 0.6 is 0 Å². The van der Waals surface area contributed by atoms with Crippen molar-refractivity contribution in [2.75, 3.05) is 13.6 Å². The minimum absolute atomic E-state index is 0.199. The van der Waals surface area contributed by atoms with Gasteiger partial charge in [0.15, 0.2) is 0 Å². The number of carbonyl (C=O) groups is 1. The zero-order chi connectivity index (χ0) is 8.97. The van der Waals surface area contributed by atoms with Gasteiger partial charge >= 0.3 is 0 Å². The van der Waals surface area contributed by atoms with Crippen LogP contribution in [0.1, 0.15) is 32.1 Å². The molecule has 1 aliphatic rings. The second-order valence-corrected chi connectivity index (χ2v) is 3.48. The molecule has 1 amide bonds. The summed E-state index contributed by atoms with van der Waals surface area (Å²) in [6.07, 6.45) is 5.38. The molecule has 0 heterocycles. The smallest absolute Gasteiger partial charge is 0.223 e. The average molecular weight is 170 g/mol. The Morgan fingerprint density at radius 1 is 1.50 bits per heavy atom. The monoisotopic (exact) mass is 170 g/mol. The minimum atomic E-state index is 0.199. The van der Waals surface area contributed by atoms with Crippen LogP contribution in [0.15, 0.2) is 0 Å². The molecule has 70 valence electrons. The van der Waals surface area contributed by atoms with Crippen molar-refractivity contribution in [3.8, 4) is 0 Å². The van der Waals surface area contributed by atoms with E-state index in [1.165, 1.54) is 25.7 Å². The van der Waals surface area contributed by atoms with Crippen molar-refractivity contribution in [3.63, 3.8) is 0 Å². The number of amides is 1. The Balaban J connectivity index is 2.34. The van der Waals surface area contributed by atoms with Gasteiger partial charge in [-0.1, -0.05) is 12.8 Å². The highest BCUT2D eigenvalue weighted by atomic mass is 16.2. The molecule has 0 radical (unpaired) electrons. The topological polar surface area (TPSA) is 46.3 Å². The fourth-order valence-electron chi connectivity index (χ4n) is 1.80. The first kappa shape index (κ1) is 9.52. The highest BCUT2D eigenvalue weighted by Gasteiger charge is 2.22. The zero-order valence-electron chi connectivity index (χ0n) is 7.75. The molecule has 3 heteroatoms. The summed E-state index contributed by atoms with van der Waals surface area (Å²) in [6, 6.07) is 0.490. The van der Waals surface area contributed by atoms with E-state index in [9.17, 15) is 4.79 Å². The average Bonchev–Trinajstić information content (AvgIpc) is 2.55. The molecule has 1 aliphatic carbocycles. The standard InChI is InChI=1S/C9H18N2O/c1-11(9(12)6-7-10)8-4-2-3-5-8/h8H,2-7,10H2,1H3. The molecule has 0 atom stereocenters. The second-order valence-electron chi connectivity index (χ2n) is 3.48. The molecule has 0 bridgehead atoms. The summed E-state index contributed by atoms with van der Waals surface area (Å²) < 4.78 is 0. The van der Waals surface area contributed by atoms with Crippen LogP contribution in [0.4, 0.5) is 0 Å². The van der Waals surface area contributed by atoms with Gasteiger partial charge in [0.25, 0.3) is 0 Å². The lowest BCUT2D eigenvalue weighted by Gasteiger charge is -2.23. The number of rotatable bonds is 3. The third kappa shape index (κ3) is 2.21. The van der Waals surface area contributed by atoms with Crippen LogP contribution < -0.4 is 5.73 Å². The van der Waals surface area contributed by atoms with E-state index in [1.807, 2.05) is 11.9 Å². The minimum Gasteiger partial charge on any atom is -0.343 e. The van der Waals surface area contributed by atoms with E-state index in [0.29, 0.717) is 19.0 Å². The van der Waals surface area contributed by atoms with Gasteiger partial charge in [-0.2, -0.15) is 0 Å². The summed E-state index contributed by atoms with van der Waals surface area (Å²) >= 11 is 0. The van der Waals surface area contributed by atoms with Gasteiger partial charge in [-0.15, -0.1) is 0 Å². The summed E-state index contributed by atoms with van der Waals surface area (Å²) in [5, 5.41) is 0. The van der Waals surface area contributed by atoms with Gasteiger partial charge in [-0.25, -0.2) is 0 Å². The molecule has 0 spiro atoms. The van der Waals surface area contributed by atoms with Crippen molar-refractivity contribution < 1.29 is 4.79 Å². The van der Waals surface area contributed by atoms with Crippen molar-refractivity contribution in [3.05, 3.63) is 0 Å². The molecule has 2 N–H and O–H groups in total. The van der Waals surface area contributed by atoms with Crippen molar-refractivity contribution in [1.29, 1.82) is 0 Å². The first-order valence-electron chi connectivity index (χ1n) is 4.71. The van der Waals surface area contributed by atoms with Crippen LogP contribution in [-0.4, -0.2) is 30.4 Å². The molecule has 12 heavy (non-hydrogen) atoms. The highest BCUT2D eigenvalue weighted by molar-refractivity contribution is 5.76. The van der Waals surface area contributed by atoms with Gasteiger partial charge in [0, 0.05) is 26.1 Å². The summed E-state index contributed by atoms with van der Waals surface area (Å²) in [7, 11) is 1.90. The lowest BCUT2D eigenvalue weighted by Crippen LogP contribution is -2.36. The number of hydrogen-bond acceptors (Lipinski definition) is 2. The Morgan fingerprint density at radius 2 is 2.08 bits per heavy atom. The Labute approximate surface area is 73.9 Å². The van der Waals surface area contributed by atoms with Gasteiger partial charge in [0.2, 0.25) is 5.91 Å². The Kier molecular flexibility index (Phi) is 3.53. The molecule has 3 nitrogen and oxygen atoms in total. The molecule has 0 unspecified atom stereocenters. The van der Waals surface area contributed by atoms with Crippen LogP contribution in [0, 0.1) is 0 Å². The van der Waals surface area contributed by atoms with E-state index in [4.69, 9.17) is 5.73 Å². The molecule has 1 rings (SSSR count). The fraction of sp³-hybridized carbons (Fsp3) is 0.889. The Bertz CT molecular complexity index is 153. The maximum absolute atomic E-state index is 11.4. The van der Waals surface area contributed by atoms with Gasteiger partial charge in [-0.3, -0.25) is 4.79 Å². The van der Waals surface area contributed by atoms with E-state index < -0.39 is 0 Å². The van der Waals surface area contributed by atoms with E-state index >= 15 is 0 Å². The SMILES string of the molecule is CN(C(=O)CCN)C1CCCC1. The summed E-state index contributed by atoms with van der Waals surface area (Å²) in [5.41, 5.74) is 5.32. The van der Waals surface area contributed by atoms with Crippen molar-refractivity contribution in [1.82, 2.24) is 4.90 Å². The van der Waals surface area contributed by atoms with E-state index in [2.05, 4.69) is 0 Å². The van der Waals surface area contributed by atoms with Crippen molar-refractivity contribution in [2.45, 2.75) is 38.1 Å². The molecule has 0 aromatic heterocycles. The quantitative estimate of drug-likeness (QED) is 0.679. The zero-order valence-corrected chi connectivity index (χ0v) is 7.75. The predicted molar refractivity (Wildman–Crippen MR) is 48.7 cm³/mol. The van der Waals surface area contributed by atoms with Crippen molar-refractivity contribution in [2.24, 2.45) is 5.73 Å². The van der Waals surface area contributed by atoms with Gasteiger partial charge in [0.1, 0.15) is 0 Å². The molecule has 1 saturated carbocycles. The molecule has 1 fully saturated rings. The lowest BCUT2D eigenvalue weighted by molar-refractivity contribution is -0.131. The molecule has 0 saturated heterocycles. The van der Waals surface area contributed by atoms with Crippen LogP contribution in [0.2, 0.25) is 0 Å². The fourth-order valence-corrected chi connectivity index (χ4v) is 1.80. The van der Waals surface area contributed by atoms with Crippen molar-refractivity contribution >= 4 is 5.91 Å². The normalized spacial score (nSPS) is 18.2. The van der Waals surface area contributed by atoms with Gasteiger partial charge in [-0.05, 0) is 12.8 Å². The summed E-state index contributed by atoms with van der Waals surface area (Å²) in [5.74, 6) is 0.199. The Morgan fingerprint density at radius 3 is 2.58 bits per heavy atom. The van der Waals surface area contributed by atoms with E-state index in [0.717, 1.165) is 0 Å². The number of carbonyl (C=O) groups excluding carboxylic acids is 1. The predicted octanol–water partition coefficient (Wildman–Crippen LogP) is 0.736. The summed E-state index contributed by atoms with van der Waals surface area (Å²) in [6.45, 7) is 0.468. The highest BCUT2D eigenvalue weighted by Crippen LogP contribution is 2.22. The molecular weight excluding hydrogens is 152 g/mol. The molecule has 0 aliphatic heterocycles. The third-order valence-corrected chi connectivity index (χ3v) is 2.62. The van der Waals surface area contributed by atoms with E-state index in [1.54, 1.807) is 0 Å². The number of nitrogens with two attached hydrogens (primary N) is 1. The van der Waals surface area contributed by atoms with Crippen LogP contribution in [-0.2, 0) is 4.79 Å². The first-order chi connectivity index (χ1) is 5.75. The van der Waals surface area contributed by atoms with Crippen LogP contribution in [0.5, 0.6) is 0 Å². The van der Waals surface area contributed by atoms with Crippen LogP contribution in [0.25, 0.3) is 0 Å². The molecular formula is C9H18N2O. The first-order valence-corrected chi connectivity index (χ1v) is 4.71. The maximum atomic E-state index is 11.4. The van der Waals surface area contributed by atoms with E-state index in [-0.39, 0.29) is 5.91 Å². The molecule has 0 aromatic carbocycles. The van der Waals surface area contributed by atoms with Gasteiger partial charge < -0.3 is 10.6 Å². The number of hydrogen-bond donors (Lipinski definition) is 1. The van der Waals surface area contributed by atoms with Gasteiger partial charge in [0.05, 0.1) is 0 Å². The molecule has 0 aromatic rings. The lowest BCUT2D eigenvalue weighted by atomic mass is 10.2. The second kappa shape index (κ2) is 4.45. The maximum Gasteiger partial charge on any atom is 0.223 e. The summed E-state index contributed by atoms with van der Waals surface area (Å²) in [4.78, 5) is 13.3. The third-order valence-electron chi connectivity index (χ3n) is 2.62. The number of nitrogens with zero attached hydrogens (tertiary/aromatic N) is 1.